The zero-order chi connectivity index (χ0) is 14.9. The highest BCUT2D eigenvalue weighted by atomic mass is 16.5. The first-order valence-corrected chi connectivity index (χ1v) is 5.94. The second-order valence-electron chi connectivity index (χ2n) is 4.55. The van der Waals surface area contributed by atoms with E-state index < -0.39 is 17.9 Å². The number of nitrogen functional groups attached to an aromatic ring is 1. The largest absolute Gasteiger partial charge is 0.478 e. The zero-order valence-corrected chi connectivity index (χ0v) is 10.8. The molecule has 1 aliphatic rings. The minimum atomic E-state index is -1.13. The smallest absolute Gasteiger partial charge is 0.335 e. The van der Waals surface area contributed by atoms with Crippen LogP contribution in [0.3, 0.4) is 0 Å². The summed E-state index contributed by atoms with van der Waals surface area (Å²) >= 11 is 0. The average Bonchev–Trinajstić information content (AvgIpc) is 2.79. The van der Waals surface area contributed by atoms with Gasteiger partial charge in [0.2, 0.25) is 5.91 Å². The Balaban J connectivity index is 2.30. The molecule has 3 N–H and O–H groups in total. The average molecular weight is 278 g/mol. The van der Waals surface area contributed by atoms with Gasteiger partial charge in [0, 0.05) is 24.3 Å². The lowest BCUT2D eigenvalue weighted by molar-refractivity contribution is -0.145. The summed E-state index contributed by atoms with van der Waals surface area (Å²) in [5.41, 5.74) is 6.25. The number of anilines is 2. The minimum Gasteiger partial charge on any atom is -0.478 e. The molecule has 106 valence electrons. The lowest BCUT2D eigenvalue weighted by Gasteiger charge is -2.17. The van der Waals surface area contributed by atoms with Gasteiger partial charge in [-0.05, 0) is 18.2 Å². The van der Waals surface area contributed by atoms with Crippen molar-refractivity contribution in [1.82, 2.24) is 0 Å². The van der Waals surface area contributed by atoms with Crippen molar-refractivity contribution in [1.29, 1.82) is 0 Å². The molecule has 2 rings (SSSR count). The monoisotopic (exact) mass is 278 g/mol. The maximum atomic E-state index is 11.9. The molecule has 0 aromatic heterocycles. The fourth-order valence-electron chi connectivity index (χ4n) is 2.20. The van der Waals surface area contributed by atoms with Gasteiger partial charge in [0.05, 0.1) is 18.6 Å². The molecule has 1 amide bonds. The van der Waals surface area contributed by atoms with Gasteiger partial charge in [-0.3, -0.25) is 9.59 Å². The molecule has 0 radical (unpaired) electrons. The molecular weight excluding hydrogens is 264 g/mol. The number of ether oxygens (including phenoxy) is 1. The van der Waals surface area contributed by atoms with Gasteiger partial charge in [0.1, 0.15) is 0 Å². The predicted molar refractivity (Wildman–Crippen MR) is 70.3 cm³/mol. The summed E-state index contributed by atoms with van der Waals surface area (Å²) in [7, 11) is 1.26. The zero-order valence-electron chi connectivity index (χ0n) is 10.8. The molecule has 7 heteroatoms. The Morgan fingerprint density at radius 1 is 1.40 bits per heavy atom. The number of hydrogen-bond donors (Lipinski definition) is 2. The van der Waals surface area contributed by atoms with Crippen LogP contribution in [0.1, 0.15) is 16.8 Å². The number of nitrogens with zero attached hydrogens (tertiary/aromatic N) is 1. The Bertz CT molecular complexity index is 584. The van der Waals surface area contributed by atoms with Crippen molar-refractivity contribution >= 4 is 29.2 Å². The van der Waals surface area contributed by atoms with Crippen LogP contribution >= 0.6 is 0 Å². The van der Waals surface area contributed by atoms with Crippen LogP contribution in [0.25, 0.3) is 0 Å². The number of carboxylic acid groups (broad SMARTS) is 1. The predicted octanol–water partition coefficient (Wildman–Crippen LogP) is 0.493. The second-order valence-corrected chi connectivity index (χ2v) is 4.55. The van der Waals surface area contributed by atoms with Gasteiger partial charge in [-0.25, -0.2) is 4.79 Å². The van der Waals surface area contributed by atoms with Crippen LogP contribution in [0.15, 0.2) is 18.2 Å². The number of amides is 1. The molecule has 0 bridgehead atoms. The van der Waals surface area contributed by atoms with Crippen LogP contribution in [0.5, 0.6) is 0 Å². The highest BCUT2D eigenvalue weighted by Gasteiger charge is 2.36. The van der Waals surface area contributed by atoms with Crippen molar-refractivity contribution in [2.75, 3.05) is 24.3 Å². The highest BCUT2D eigenvalue weighted by Crippen LogP contribution is 2.28. The van der Waals surface area contributed by atoms with E-state index in [1.165, 1.54) is 30.2 Å². The molecule has 1 atom stereocenters. The number of hydrogen-bond acceptors (Lipinski definition) is 5. The van der Waals surface area contributed by atoms with Crippen molar-refractivity contribution in [3.63, 3.8) is 0 Å². The maximum Gasteiger partial charge on any atom is 0.335 e. The van der Waals surface area contributed by atoms with E-state index in [-0.39, 0.29) is 30.1 Å². The van der Waals surface area contributed by atoms with E-state index in [1.807, 2.05) is 0 Å². The summed E-state index contributed by atoms with van der Waals surface area (Å²) in [5, 5.41) is 8.99. The lowest BCUT2D eigenvalue weighted by Crippen LogP contribution is -2.26. The number of carbonyl (C=O) groups excluding carboxylic acids is 2. The van der Waals surface area contributed by atoms with Crippen LogP contribution in [0.2, 0.25) is 0 Å². The molecule has 1 saturated heterocycles. The van der Waals surface area contributed by atoms with Gasteiger partial charge in [0.25, 0.3) is 0 Å². The first kappa shape index (κ1) is 13.9. The van der Waals surface area contributed by atoms with E-state index in [0.29, 0.717) is 5.69 Å². The van der Waals surface area contributed by atoms with Crippen LogP contribution in [0.4, 0.5) is 11.4 Å². The standard InChI is InChI=1S/C13H14N2O5/c1-20-13(19)8-4-11(16)15(6-8)10-3-7(12(17)18)2-9(14)5-10/h2-3,5,8H,4,6,14H2,1H3,(H,17,18). The van der Waals surface area contributed by atoms with E-state index >= 15 is 0 Å². The van der Waals surface area contributed by atoms with Gasteiger partial charge in [0.15, 0.2) is 0 Å². The number of carboxylic acids is 1. The molecular formula is C13H14N2O5. The van der Waals surface area contributed by atoms with Crippen molar-refractivity contribution in [3.05, 3.63) is 23.8 Å². The Morgan fingerprint density at radius 2 is 2.10 bits per heavy atom. The van der Waals surface area contributed by atoms with Crippen molar-refractivity contribution in [2.24, 2.45) is 5.92 Å². The van der Waals surface area contributed by atoms with E-state index in [2.05, 4.69) is 4.74 Å². The van der Waals surface area contributed by atoms with Crippen molar-refractivity contribution in [2.45, 2.75) is 6.42 Å². The lowest BCUT2D eigenvalue weighted by atomic mass is 10.1. The van der Waals surface area contributed by atoms with Crippen LogP contribution in [-0.2, 0) is 14.3 Å². The summed E-state index contributed by atoms with van der Waals surface area (Å²) < 4.78 is 4.62. The third-order valence-corrected chi connectivity index (χ3v) is 3.16. The van der Waals surface area contributed by atoms with Crippen LogP contribution < -0.4 is 10.6 Å². The second kappa shape index (κ2) is 5.20. The molecule has 1 aromatic carbocycles. The van der Waals surface area contributed by atoms with Crippen LogP contribution in [0, 0.1) is 5.92 Å². The molecule has 1 aromatic rings. The number of aromatic carboxylic acids is 1. The Hall–Kier alpha value is -2.57. The molecule has 1 fully saturated rings. The summed E-state index contributed by atoms with van der Waals surface area (Å²) in [5.74, 6) is -2.39. The first-order chi connectivity index (χ1) is 9.42. The van der Waals surface area contributed by atoms with E-state index in [1.54, 1.807) is 0 Å². The van der Waals surface area contributed by atoms with Gasteiger partial charge in [-0.1, -0.05) is 0 Å². The van der Waals surface area contributed by atoms with Gasteiger partial charge in [-0.2, -0.15) is 0 Å². The number of benzene rings is 1. The number of methoxy groups -OCH3 is 1. The van der Waals surface area contributed by atoms with E-state index in [0.717, 1.165) is 0 Å². The molecule has 0 saturated carbocycles. The summed E-state index contributed by atoms with van der Waals surface area (Å²) in [6.07, 6.45) is 0.0455. The number of nitrogens with two attached hydrogens (primary N) is 1. The van der Waals surface area contributed by atoms with Gasteiger partial charge in [-0.15, -0.1) is 0 Å². The molecule has 7 nitrogen and oxygen atoms in total. The number of rotatable bonds is 3. The Kier molecular flexibility index (Phi) is 3.60. The number of esters is 1. The Morgan fingerprint density at radius 3 is 2.70 bits per heavy atom. The minimum absolute atomic E-state index is 0.00526. The maximum absolute atomic E-state index is 11.9. The topological polar surface area (TPSA) is 110 Å². The summed E-state index contributed by atoms with van der Waals surface area (Å²) in [6.45, 7) is 0.161. The fraction of sp³-hybridized carbons (Fsp3) is 0.308. The van der Waals surface area contributed by atoms with Gasteiger partial charge >= 0.3 is 11.9 Å². The normalized spacial score (nSPS) is 18.1. The third kappa shape index (κ3) is 2.56. The molecule has 0 aliphatic carbocycles. The Labute approximate surface area is 114 Å². The first-order valence-electron chi connectivity index (χ1n) is 5.94. The highest BCUT2D eigenvalue weighted by molar-refractivity contribution is 6.01. The molecule has 20 heavy (non-hydrogen) atoms. The summed E-state index contributed by atoms with van der Waals surface area (Å²) in [4.78, 5) is 35.7. The van der Waals surface area contributed by atoms with E-state index in [9.17, 15) is 14.4 Å². The molecule has 0 spiro atoms. The molecule has 1 heterocycles. The fourth-order valence-corrected chi connectivity index (χ4v) is 2.20. The third-order valence-electron chi connectivity index (χ3n) is 3.16. The van der Waals surface area contributed by atoms with E-state index in [4.69, 9.17) is 10.8 Å². The summed E-state index contributed by atoms with van der Waals surface area (Å²) in [6, 6.07) is 4.17. The molecule has 1 unspecified atom stereocenters. The van der Waals surface area contributed by atoms with Gasteiger partial charge < -0.3 is 20.5 Å². The van der Waals surface area contributed by atoms with Crippen molar-refractivity contribution < 1.29 is 24.2 Å². The molecule has 1 aliphatic heterocycles. The SMILES string of the molecule is COC(=O)C1CC(=O)N(c2cc(N)cc(C(=O)O)c2)C1. The quantitative estimate of drug-likeness (QED) is 0.615. The van der Waals surface area contributed by atoms with Crippen molar-refractivity contribution in [3.8, 4) is 0 Å². The number of carbonyl (C=O) groups is 3. The van der Waals surface area contributed by atoms with Crippen LogP contribution in [-0.4, -0.2) is 36.6 Å².